The summed E-state index contributed by atoms with van der Waals surface area (Å²) in [5.41, 5.74) is 0.152. The molecule has 0 aliphatic rings. The van der Waals surface area contributed by atoms with Crippen LogP contribution in [0, 0.1) is 0 Å². The van der Waals surface area contributed by atoms with E-state index in [2.05, 4.69) is 20.5 Å². The molecule has 8 heteroatoms. The lowest BCUT2D eigenvalue weighted by atomic mass is 10.2. The van der Waals surface area contributed by atoms with Crippen molar-refractivity contribution in [1.29, 1.82) is 0 Å². The molecule has 0 aliphatic heterocycles. The highest BCUT2D eigenvalue weighted by atomic mass is 32.1. The molecule has 0 bridgehead atoms. The number of aromatic carboxylic acids is 1. The fourth-order valence-corrected chi connectivity index (χ4v) is 1.94. The summed E-state index contributed by atoms with van der Waals surface area (Å²) in [6, 6.07) is 2.67. The van der Waals surface area contributed by atoms with E-state index in [1.54, 1.807) is 0 Å². The third kappa shape index (κ3) is 3.10. The van der Waals surface area contributed by atoms with Crippen LogP contribution < -0.4 is 5.32 Å². The summed E-state index contributed by atoms with van der Waals surface area (Å²) in [6.45, 7) is 1.94. The minimum Gasteiger partial charge on any atom is -0.478 e. The van der Waals surface area contributed by atoms with Gasteiger partial charge in [0, 0.05) is 6.20 Å². The normalized spacial score (nSPS) is 10.2. The molecule has 19 heavy (non-hydrogen) atoms. The Bertz CT molecular complexity index is 609. The highest BCUT2D eigenvalue weighted by Crippen LogP contribution is 2.16. The molecule has 0 radical (unpaired) electrons. The first-order valence-electron chi connectivity index (χ1n) is 5.43. The zero-order valence-electron chi connectivity index (χ0n) is 9.95. The first-order chi connectivity index (χ1) is 9.10. The number of carbonyl (C=O) groups is 2. The number of aryl methyl sites for hydroxylation is 1. The molecule has 0 aliphatic carbocycles. The largest absolute Gasteiger partial charge is 0.478 e. The van der Waals surface area contributed by atoms with E-state index < -0.39 is 11.9 Å². The van der Waals surface area contributed by atoms with Crippen LogP contribution in [0.3, 0.4) is 0 Å². The molecule has 0 unspecified atom stereocenters. The summed E-state index contributed by atoms with van der Waals surface area (Å²) in [4.78, 5) is 26.2. The zero-order valence-corrected chi connectivity index (χ0v) is 10.8. The van der Waals surface area contributed by atoms with Crippen molar-refractivity contribution in [1.82, 2.24) is 15.2 Å². The number of amides is 1. The van der Waals surface area contributed by atoms with Gasteiger partial charge in [0.05, 0.1) is 5.56 Å². The van der Waals surface area contributed by atoms with Crippen molar-refractivity contribution in [2.75, 3.05) is 5.32 Å². The van der Waals surface area contributed by atoms with E-state index in [4.69, 9.17) is 5.11 Å². The number of hydrogen-bond donors (Lipinski definition) is 2. The summed E-state index contributed by atoms with van der Waals surface area (Å²) in [5, 5.41) is 20.2. The molecule has 1 amide bonds. The highest BCUT2D eigenvalue weighted by Gasteiger charge is 2.12. The van der Waals surface area contributed by atoms with Crippen LogP contribution >= 0.6 is 11.3 Å². The van der Waals surface area contributed by atoms with Crippen molar-refractivity contribution < 1.29 is 14.7 Å². The fourth-order valence-electron chi connectivity index (χ4n) is 1.26. The Morgan fingerprint density at radius 3 is 2.68 bits per heavy atom. The van der Waals surface area contributed by atoms with Crippen LogP contribution in [-0.2, 0) is 6.42 Å². The van der Waals surface area contributed by atoms with Gasteiger partial charge in [-0.15, -0.1) is 10.2 Å². The Kier molecular flexibility index (Phi) is 3.81. The average molecular weight is 278 g/mol. The molecule has 2 heterocycles. The van der Waals surface area contributed by atoms with Crippen LogP contribution in [0.5, 0.6) is 0 Å². The molecule has 0 saturated carbocycles. The van der Waals surface area contributed by atoms with Gasteiger partial charge in [-0.25, -0.2) is 4.79 Å². The molecule has 2 N–H and O–H groups in total. The molecular formula is C11H10N4O3S. The smallest absolute Gasteiger partial charge is 0.337 e. The maximum atomic E-state index is 11.8. The summed E-state index contributed by atoms with van der Waals surface area (Å²) >= 11 is 1.29. The van der Waals surface area contributed by atoms with Crippen molar-refractivity contribution in [3.8, 4) is 0 Å². The van der Waals surface area contributed by atoms with E-state index in [1.165, 1.54) is 23.5 Å². The molecule has 0 spiro atoms. The number of anilines is 1. The first-order valence-corrected chi connectivity index (χ1v) is 6.25. The number of nitrogens with zero attached hydrogens (tertiary/aromatic N) is 3. The molecule has 0 saturated heterocycles. The molecule has 0 atom stereocenters. The number of aromatic nitrogens is 3. The summed E-state index contributed by atoms with van der Waals surface area (Å²) in [5.74, 6) is -1.54. The van der Waals surface area contributed by atoms with E-state index >= 15 is 0 Å². The van der Waals surface area contributed by atoms with Gasteiger partial charge in [-0.3, -0.25) is 15.1 Å². The quantitative estimate of drug-likeness (QED) is 0.876. The molecule has 2 aromatic heterocycles. The van der Waals surface area contributed by atoms with Crippen LogP contribution in [-0.4, -0.2) is 32.2 Å². The molecule has 7 nitrogen and oxygen atoms in total. The Balaban J connectivity index is 2.09. The summed E-state index contributed by atoms with van der Waals surface area (Å²) < 4.78 is 0. The standard InChI is InChI=1S/C11H10N4O3S/c1-2-8-14-15-11(19-8)13-9(16)7-4-3-6(5-12-7)10(17)18/h3-5H,2H2,1H3,(H,17,18)(H,13,15,16). The second-order valence-corrected chi connectivity index (χ2v) is 4.61. The van der Waals surface area contributed by atoms with Gasteiger partial charge in [-0.2, -0.15) is 0 Å². The molecular weight excluding hydrogens is 268 g/mol. The maximum absolute atomic E-state index is 11.8. The van der Waals surface area contributed by atoms with Gasteiger partial charge in [0.2, 0.25) is 5.13 Å². The van der Waals surface area contributed by atoms with Gasteiger partial charge in [0.1, 0.15) is 10.7 Å². The number of pyridine rings is 1. The Morgan fingerprint density at radius 1 is 1.37 bits per heavy atom. The number of hydrogen-bond acceptors (Lipinski definition) is 6. The Morgan fingerprint density at radius 2 is 2.16 bits per heavy atom. The van der Waals surface area contributed by atoms with Crippen molar-refractivity contribution in [3.05, 3.63) is 34.6 Å². The van der Waals surface area contributed by atoms with Crippen LogP contribution in [0.2, 0.25) is 0 Å². The summed E-state index contributed by atoms with van der Waals surface area (Å²) in [6.07, 6.45) is 1.88. The first kappa shape index (κ1) is 13.1. The van der Waals surface area contributed by atoms with Gasteiger partial charge in [-0.05, 0) is 18.6 Å². The van der Waals surface area contributed by atoms with Crippen LogP contribution in [0.4, 0.5) is 5.13 Å². The average Bonchev–Trinajstić information content (AvgIpc) is 2.86. The van der Waals surface area contributed by atoms with E-state index in [0.29, 0.717) is 5.13 Å². The van der Waals surface area contributed by atoms with Crippen molar-refractivity contribution in [3.63, 3.8) is 0 Å². The SMILES string of the molecule is CCc1nnc(NC(=O)c2ccc(C(=O)O)cn2)s1. The number of carboxylic acids is 1. The topological polar surface area (TPSA) is 105 Å². The van der Waals surface area contributed by atoms with Gasteiger partial charge in [0.25, 0.3) is 5.91 Å². The zero-order chi connectivity index (χ0) is 13.8. The Labute approximate surface area is 112 Å². The second-order valence-electron chi connectivity index (χ2n) is 3.55. The van der Waals surface area contributed by atoms with Crippen LogP contribution in [0.25, 0.3) is 0 Å². The molecule has 98 valence electrons. The van der Waals surface area contributed by atoms with E-state index in [1.807, 2.05) is 6.92 Å². The third-order valence-electron chi connectivity index (χ3n) is 2.23. The van der Waals surface area contributed by atoms with Gasteiger partial charge in [0.15, 0.2) is 0 Å². The van der Waals surface area contributed by atoms with Crippen LogP contribution in [0.1, 0.15) is 32.8 Å². The fraction of sp³-hybridized carbons (Fsp3) is 0.182. The number of carboxylic acid groups (broad SMARTS) is 1. The predicted molar refractivity (Wildman–Crippen MR) is 68.4 cm³/mol. The summed E-state index contributed by atoms with van der Waals surface area (Å²) in [7, 11) is 0. The van der Waals surface area contributed by atoms with Gasteiger partial charge in [-0.1, -0.05) is 18.3 Å². The maximum Gasteiger partial charge on any atom is 0.337 e. The number of carbonyl (C=O) groups excluding carboxylic acids is 1. The van der Waals surface area contributed by atoms with Gasteiger partial charge >= 0.3 is 5.97 Å². The van der Waals surface area contributed by atoms with Crippen molar-refractivity contribution in [2.45, 2.75) is 13.3 Å². The monoisotopic (exact) mass is 278 g/mol. The molecule has 0 fully saturated rings. The third-order valence-corrected chi connectivity index (χ3v) is 3.22. The van der Waals surface area contributed by atoms with Crippen molar-refractivity contribution in [2.24, 2.45) is 0 Å². The second kappa shape index (κ2) is 5.53. The highest BCUT2D eigenvalue weighted by molar-refractivity contribution is 7.15. The lowest BCUT2D eigenvalue weighted by Gasteiger charge is -2.00. The van der Waals surface area contributed by atoms with E-state index in [9.17, 15) is 9.59 Å². The van der Waals surface area contributed by atoms with E-state index in [-0.39, 0.29) is 11.3 Å². The number of nitrogens with one attached hydrogen (secondary N) is 1. The Hall–Kier alpha value is -2.35. The molecule has 2 rings (SSSR count). The van der Waals surface area contributed by atoms with Crippen molar-refractivity contribution >= 4 is 28.3 Å². The minimum atomic E-state index is -1.09. The molecule has 0 aromatic carbocycles. The minimum absolute atomic E-state index is 0.0285. The number of rotatable bonds is 4. The lowest BCUT2D eigenvalue weighted by molar-refractivity contribution is 0.0696. The van der Waals surface area contributed by atoms with Gasteiger partial charge < -0.3 is 5.11 Å². The molecule has 2 aromatic rings. The predicted octanol–water partition coefficient (Wildman–Crippen LogP) is 1.45. The van der Waals surface area contributed by atoms with E-state index in [0.717, 1.165) is 17.6 Å². The lowest BCUT2D eigenvalue weighted by Crippen LogP contribution is -2.14. The van der Waals surface area contributed by atoms with Crippen LogP contribution in [0.15, 0.2) is 18.3 Å².